The molecule has 0 saturated heterocycles. The summed E-state index contributed by atoms with van der Waals surface area (Å²) in [7, 11) is 0. The van der Waals surface area contributed by atoms with E-state index in [0.717, 1.165) is 0 Å². The Bertz CT molecular complexity index is 1050. The summed E-state index contributed by atoms with van der Waals surface area (Å²) in [6.07, 6.45) is 1.18. The number of nitro benzene ring substituents is 2. The zero-order valence-electron chi connectivity index (χ0n) is 18.7. The van der Waals surface area contributed by atoms with Crippen LogP contribution in [-0.2, 0) is 9.59 Å². The topological polar surface area (TPSA) is 169 Å². The van der Waals surface area contributed by atoms with Gasteiger partial charge in [0.05, 0.1) is 21.3 Å². The zero-order valence-corrected chi connectivity index (χ0v) is 18.7. The van der Waals surface area contributed by atoms with Crippen molar-refractivity contribution in [3.63, 3.8) is 0 Å². The van der Waals surface area contributed by atoms with Crippen LogP contribution < -0.4 is 10.9 Å². The standard InChI is InChI=1S/C22H24N6O6/c1-15(17-7-5-9-19(13-17)27(31)32)23-25-21(29)11-3-4-12-22(30)26-24-16(2)18-8-6-10-20(14-18)28(33)34/h5-10,13-14H,3-4,11-12H2,1-2H3,(H,25,29)(H,26,30)/b23-15+,24-16+. The predicted octanol–water partition coefficient (Wildman–Crippen LogP) is 3.44. The van der Waals surface area contributed by atoms with Gasteiger partial charge < -0.3 is 0 Å². The smallest absolute Gasteiger partial charge is 0.270 e. The fourth-order valence-electron chi connectivity index (χ4n) is 2.79. The summed E-state index contributed by atoms with van der Waals surface area (Å²) < 4.78 is 0. The molecule has 0 heterocycles. The molecule has 0 bridgehead atoms. The molecular formula is C22H24N6O6. The van der Waals surface area contributed by atoms with Crippen molar-refractivity contribution >= 4 is 34.6 Å². The molecule has 0 radical (unpaired) electrons. The van der Waals surface area contributed by atoms with Crippen LogP contribution in [0.25, 0.3) is 0 Å². The Labute approximate surface area is 195 Å². The van der Waals surface area contributed by atoms with Crippen molar-refractivity contribution < 1.29 is 19.4 Å². The maximum absolute atomic E-state index is 11.9. The van der Waals surface area contributed by atoms with Gasteiger partial charge in [-0.1, -0.05) is 24.3 Å². The van der Waals surface area contributed by atoms with Gasteiger partial charge in [0.15, 0.2) is 0 Å². The number of carbonyl (C=O) groups excluding carboxylic acids is 2. The minimum absolute atomic E-state index is 0.0683. The Balaban J connectivity index is 1.73. The number of benzene rings is 2. The van der Waals surface area contributed by atoms with Gasteiger partial charge >= 0.3 is 0 Å². The molecule has 2 rings (SSSR count). The van der Waals surface area contributed by atoms with Gasteiger partial charge in [0.2, 0.25) is 11.8 Å². The number of nitrogens with one attached hydrogen (secondary N) is 2. The second-order valence-corrected chi connectivity index (χ2v) is 7.29. The molecule has 0 aliphatic carbocycles. The molecule has 2 amide bonds. The quantitative estimate of drug-likeness (QED) is 0.221. The van der Waals surface area contributed by atoms with Crippen LogP contribution in [0, 0.1) is 20.2 Å². The molecule has 0 spiro atoms. The Morgan fingerprint density at radius 2 is 1.15 bits per heavy atom. The molecule has 0 atom stereocenters. The van der Waals surface area contributed by atoms with Gasteiger partial charge in [-0.05, 0) is 26.7 Å². The zero-order chi connectivity index (χ0) is 25.1. The lowest BCUT2D eigenvalue weighted by atomic mass is 10.1. The van der Waals surface area contributed by atoms with E-state index >= 15 is 0 Å². The van der Waals surface area contributed by atoms with Crippen molar-refractivity contribution in [2.75, 3.05) is 0 Å². The average Bonchev–Trinajstić information content (AvgIpc) is 2.83. The molecule has 0 unspecified atom stereocenters. The monoisotopic (exact) mass is 468 g/mol. The van der Waals surface area contributed by atoms with E-state index < -0.39 is 9.85 Å². The van der Waals surface area contributed by atoms with Gasteiger partial charge in [-0.25, -0.2) is 10.9 Å². The SMILES string of the molecule is C/C(=N\NC(=O)CCCCC(=O)N/N=C(\C)c1cccc([N+](=O)[O-])c1)c1cccc([N+](=O)[O-])c1. The first-order valence-electron chi connectivity index (χ1n) is 10.3. The van der Waals surface area contributed by atoms with Gasteiger partial charge in [0.25, 0.3) is 11.4 Å². The first-order chi connectivity index (χ1) is 16.2. The molecule has 12 heteroatoms. The van der Waals surface area contributed by atoms with Crippen LogP contribution in [0.1, 0.15) is 50.7 Å². The maximum atomic E-state index is 11.9. The Morgan fingerprint density at radius 3 is 1.50 bits per heavy atom. The Hall–Kier alpha value is -4.48. The largest absolute Gasteiger partial charge is 0.273 e. The molecule has 0 aliphatic heterocycles. The van der Waals surface area contributed by atoms with Crippen molar-refractivity contribution in [2.45, 2.75) is 39.5 Å². The normalized spacial score (nSPS) is 11.6. The minimum atomic E-state index is -0.508. The first kappa shape index (κ1) is 25.8. The predicted molar refractivity (Wildman–Crippen MR) is 125 cm³/mol. The van der Waals surface area contributed by atoms with Crippen LogP contribution in [0.2, 0.25) is 0 Å². The Morgan fingerprint density at radius 1 is 0.765 bits per heavy atom. The van der Waals surface area contributed by atoms with Crippen molar-refractivity contribution in [1.29, 1.82) is 0 Å². The molecule has 2 aromatic rings. The number of amides is 2. The molecule has 34 heavy (non-hydrogen) atoms. The van der Waals surface area contributed by atoms with E-state index in [1.807, 2.05) is 0 Å². The third-order valence-corrected chi connectivity index (χ3v) is 4.70. The molecule has 0 fully saturated rings. The summed E-state index contributed by atoms with van der Waals surface area (Å²) in [5.74, 6) is -0.686. The number of nitro groups is 2. The molecule has 12 nitrogen and oxygen atoms in total. The van der Waals surface area contributed by atoms with E-state index in [1.165, 1.54) is 36.4 Å². The fraction of sp³-hybridized carbons (Fsp3) is 0.273. The fourth-order valence-corrected chi connectivity index (χ4v) is 2.79. The molecule has 0 saturated carbocycles. The number of rotatable bonds is 11. The highest BCUT2D eigenvalue weighted by molar-refractivity contribution is 6.00. The number of hydrogen-bond acceptors (Lipinski definition) is 8. The number of non-ortho nitro benzene ring substituents is 2. The lowest BCUT2D eigenvalue weighted by Crippen LogP contribution is -2.20. The maximum Gasteiger partial charge on any atom is 0.270 e. The van der Waals surface area contributed by atoms with Crippen molar-refractivity contribution in [3.8, 4) is 0 Å². The minimum Gasteiger partial charge on any atom is -0.273 e. The lowest BCUT2D eigenvalue weighted by Gasteiger charge is -2.04. The van der Waals surface area contributed by atoms with Crippen LogP contribution in [-0.4, -0.2) is 33.1 Å². The van der Waals surface area contributed by atoms with Crippen molar-refractivity contribution in [1.82, 2.24) is 10.9 Å². The second kappa shape index (κ2) is 12.5. The van der Waals surface area contributed by atoms with Crippen molar-refractivity contribution in [3.05, 3.63) is 79.9 Å². The van der Waals surface area contributed by atoms with Crippen LogP contribution in [0.5, 0.6) is 0 Å². The van der Waals surface area contributed by atoms with E-state index in [0.29, 0.717) is 35.4 Å². The summed E-state index contributed by atoms with van der Waals surface area (Å²) in [4.78, 5) is 44.6. The third kappa shape index (κ3) is 8.22. The summed E-state index contributed by atoms with van der Waals surface area (Å²) in [5.41, 5.74) is 6.55. The number of nitrogens with zero attached hydrogens (tertiary/aromatic N) is 4. The Kier molecular flexibility index (Phi) is 9.50. The summed E-state index contributed by atoms with van der Waals surface area (Å²) in [5, 5.41) is 29.6. The highest BCUT2D eigenvalue weighted by Crippen LogP contribution is 2.14. The summed E-state index contributed by atoms with van der Waals surface area (Å²) in [6.45, 7) is 3.25. The second-order valence-electron chi connectivity index (χ2n) is 7.29. The van der Waals surface area contributed by atoms with Crippen molar-refractivity contribution in [2.24, 2.45) is 10.2 Å². The summed E-state index contributed by atoms with van der Waals surface area (Å²) in [6, 6.07) is 11.8. The lowest BCUT2D eigenvalue weighted by molar-refractivity contribution is -0.385. The summed E-state index contributed by atoms with van der Waals surface area (Å²) >= 11 is 0. The van der Waals surface area contributed by atoms with Gasteiger partial charge in [-0.2, -0.15) is 10.2 Å². The molecule has 178 valence electrons. The van der Waals surface area contributed by atoms with E-state index in [-0.39, 0.29) is 36.0 Å². The molecule has 2 N–H and O–H groups in total. The van der Waals surface area contributed by atoms with E-state index in [9.17, 15) is 29.8 Å². The van der Waals surface area contributed by atoms with Gasteiger partial charge in [-0.15, -0.1) is 0 Å². The van der Waals surface area contributed by atoms with E-state index in [1.54, 1.807) is 26.0 Å². The van der Waals surface area contributed by atoms with Crippen LogP contribution in [0.4, 0.5) is 11.4 Å². The molecule has 0 aromatic heterocycles. The number of hydrogen-bond donors (Lipinski definition) is 2. The van der Waals surface area contributed by atoms with E-state index in [2.05, 4.69) is 21.1 Å². The first-order valence-corrected chi connectivity index (χ1v) is 10.3. The van der Waals surface area contributed by atoms with E-state index in [4.69, 9.17) is 0 Å². The highest BCUT2D eigenvalue weighted by atomic mass is 16.6. The highest BCUT2D eigenvalue weighted by Gasteiger charge is 2.09. The van der Waals surface area contributed by atoms with Crippen LogP contribution in [0.15, 0.2) is 58.7 Å². The molecule has 0 aliphatic rings. The van der Waals surface area contributed by atoms with Crippen LogP contribution in [0.3, 0.4) is 0 Å². The van der Waals surface area contributed by atoms with Gasteiger partial charge in [0, 0.05) is 48.2 Å². The van der Waals surface area contributed by atoms with Gasteiger partial charge in [-0.3, -0.25) is 29.8 Å². The molecular weight excluding hydrogens is 444 g/mol. The number of unbranched alkanes of at least 4 members (excludes halogenated alkanes) is 1. The average molecular weight is 468 g/mol. The number of hydrazone groups is 2. The third-order valence-electron chi connectivity index (χ3n) is 4.70. The van der Waals surface area contributed by atoms with Gasteiger partial charge in [0.1, 0.15) is 0 Å². The molecule has 2 aromatic carbocycles. The number of carbonyl (C=O) groups is 2. The van der Waals surface area contributed by atoms with Crippen LogP contribution >= 0.6 is 0 Å².